The predicted molar refractivity (Wildman–Crippen MR) is 82.8 cm³/mol. The zero-order chi connectivity index (χ0) is 14.7. The van der Waals surface area contributed by atoms with Crippen molar-refractivity contribution < 1.29 is 8.42 Å². The average molecular weight is 277 g/mol. The second-order valence-corrected chi connectivity index (χ2v) is 5.03. The molecule has 0 heterocycles. The van der Waals surface area contributed by atoms with Gasteiger partial charge in [-0.1, -0.05) is 56.2 Å². The van der Waals surface area contributed by atoms with Gasteiger partial charge in [0.2, 0.25) is 0 Å². The average Bonchev–Trinajstić information content (AvgIpc) is 2.36. The zero-order valence-corrected chi connectivity index (χ0v) is 11.9. The number of hydrogen-bond donors (Lipinski definition) is 1. The highest BCUT2D eigenvalue weighted by atomic mass is 32.2. The Morgan fingerprint density at radius 3 is 2.05 bits per heavy atom. The summed E-state index contributed by atoms with van der Waals surface area (Å²) in [5.41, 5.74) is 0.404. The summed E-state index contributed by atoms with van der Waals surface area (Å²) in [6.07, 6.45) is 13.9. The van der Waals surface area contributed by atoms with Crippen molar-refractivity contribution >= 4 is 10.0 Å². The monoisotopic (exact) mass is 277 g/mol. The molecular formula is C15H19NO2S. The van der Waals surface area contributed by atoms with Crippen LogP contribution in [0.15, 0.2) is 85.0 Å². The molecule has 0 aromatic rings. The van der Waals surface area contributed by atoms with Crippen molar-refractivity contribution in [2.75, 3.05) is 0 Å². The lowest BCUT2D eigenvalue weighted by Crippen LogP contribution is -2.23. The standard InChI is InChI=1S/C15H19NO2S/c1-5-9-12-14(11-7-3)16-19(17,18)15(8-4)13-10-6-2/h5-13,16H,1-3H2,4H3/b12-9-,13-10-,14-11+,15-8+. The maximum Gasteiger partial charge on any atom is 0.261 e. The molecule has 0 saturated heterocycles. The van der Waals surface area contributed by atoms with E-state index in [4.69, 9.17) is 0 Å². The molecule has 4 heteroatoms. The first-order valence-electron chi connectivity index (χ1n) is 5.62. The highest BCUT2D eigenvalue weighted by molar-refractivity contribution is 7.93. The highest BCUT2D eigenvalue weighted by Gasteiger charge is 2.14. The molecule has 3 nitrogen and oxygen atoms in total. The molecule has 0 aliphatic heterocycles. The third-order valence-electron chi connectivity index (χ3n) is 1.95. The van der Waals surface area contributed by atoms with Gasteiger partial charge >= 0.3 is 0 Å². The quantitative estimate of drug-likeness (QED) is 0.691. The number of rotatable bonds is 8. The van der Waals surface area contributed by atoms with Crippen molar-refractivity contribution in [2.45, 2.75) is 6.92 Å². The fourth-order valence-electron chi connectivity index (χ4n) is 1.14. The van der Waals surface area contributed by atoms with Gasteiger partial charge in [-0.3, -0.25) is 4.72 Å². The lowest BCUT2D eigenvalue weighted by Gasteiger charge is -2.08. The Balaban J connectivity index is 5.31. The van der Waals surface area contributed by atoms with Crippen molar-refractivity contribution in [2.24, 2.45) is 0 Å². The molecule has 0 aliphatic rings. The summed E-state index contributed by atoms with van der Waals surface area (Å²) in [5.74, 6) is 0. The van der Waals surface area contributed by atoms with E-state index >= 15 is 0 Å². The largest absolute Gasteiger partial charge is 0.280 e. The third kappa shape index (κ3) is 6.43. The molecule has 0 unspecified atom stereocenters. The first-order valence-corrected chi connectivity index (χ1v) is 7.10. The Morgan fingerprint density at radius 2 is 1.58 bits per heavy atom. The Labute approximate surface area is 115 Å². The first-order chi connectivity index (χ1) is 9.01. The molecule has 19 heavy (non-hydrogen) atoms. The lowest BCUT2D eigenvalue weighted by atomic mass is 10.3. The van der Waals surface area contributed by atoms with Gasteiger partial charge in [-0.2, -0.15) is 0 Å². The third-order valence-corrected chi connectivity index (χ3v) is 3.45. The van der Waals surface area contributed by atoms with Gasteiger partial charge in [0.1, 0.15) is 0 Å². The van der Waals surface area contributed by atoms with Crippen LogP contribution in [0, 0.1) is 0 Å². The SMILES string of the molecule is C=C/C=C\C(=C/C=C)NS(=O)(=O)C(/C=C\C=C)=C/C. The van der Waals surface area contributed by atoms with Crippen LogP contribution in [0.5, 0.6) is 0 Å². The van der Waals surface area contributed by atoms with Crippen LogP contribution in [0.2, 0.25) is 0 Å². The lowest BCUT2D eigenvalue weighted by molar-refractivity contribution is 0.596. The van der Waals surface area contributed by atoms with E-state index in [1.54, 1.807) is 37.3 Å². The number of hydrogen-bond acceptors (Lipinski definition) is 2. The topological polar surface area (TPSA) is 46.2 Å². The van der Waals surface area contributed by atoms with E-state index in [1.165, 1.54) is 24.3 Å². The molecule has 0 saturated carbocycles. The van der Waals surface area contributed by atoms with E-state index < -0.39 is 10.0 Å². The van der Waals surface area contributed by atoms with E-state index in [2.05, 4.69) is 24.5 Å². The maximum absolute atomic E-state index is 12.1. The van der Waals surface area contributed by atoms with E-state index in [-0.39, 0.29) is 4.91 Å². The van der Waals surface area contributed by atoms with Gasteiger partial charge in [0.05, 0.1) is 4.91 Å². The summed E-state index contributed by atoms with van der Waals surface area (Å²) in [6.45, 7) is 12.2. The van der Waals surface area contributed by atoms with Crippen LogP contribution >= 0.6 is 0 Å². The molecule has 0 bridgehead atoms. The molecule has 0 radical (unpaired) electrons. The van der Waals surface area contributed by atoms with Gasteiger partial charge in [-0.25, -0.2) is 8.42 Å². The highest BCUT2D eigenvalue weighted by Crippen LogP contribution is 2.09. The van der Waals surface area contributed by atoms with Gasteiger partial charge in [0.15, 0.2) is 0 Å². The second kappa shape index (κ2) is 8.94. The molecule has 102 valence electrons. The maximum atomic E-state index is 12.1. The van der Waals surface area contributed by atoms with Crippen molar-refractivity contribution in [1.29, 1.82) is 0 Å². The molecule has 1 N–H and O–H groups in total. The minimum absolute atomic E-state index is 0.161. The minimum atomic E-state index is -3.62. The summed E-state index contributed by atoms with van der Waals surface area (Å²) in [6, 6.07) is 0. The fourth-order valence-corrected chi connectivity index (χ4v) is 2.27. The van der Waals surface area contributed by atoms with Gasteiger partial charge < -0.3 is 0 Å². The molecule has 0 amide bonds. The van der Waals surface area contributed by atoms with Crippen LogP contribution in [0.3, 0.4) is 0 Å². The smallest absolute Gasteiger partial charge is 0.261 e. The van der Waals surface area contributed by atoms with Crippen molar-refractivity contribution in [1.82, 2.24) is 4.72 Å². The van der Waals surface area contributed by atoms with Crippen LogP contribution in [-0.2, 0) is 10.0 Å². The van der Waals surface area contributed by atoms with Crippen LogP contribution in [0.25, 0.3) is 0 Å². The molecule has 0 atom stereocenters. The molecular weight excluding hydrogens is 258 g/mol. The Bertz CT molecular complexity index is 547. The van der Waals surface area contributed by atoms with E-state index in [9.17, 15) is 8.42 Å². The van der Waals surface area contributed by atoms with Crippen LogP contribution in [0.1, 0.15) is 6.92 Å². The van der Waals surface area contributed by atoms with Crippen molar-refractivity contribution in [3.8, 4) is 0 Å². The Morgan fingerprint density at radius 1 is 1.00 bits per heavy atom. The number of nitrogens with one attached hydrogen (secondary N) is 1. The fraction of sp³-hybridized carbons (Fsp3) is 0.0667. The Hall–Kier alpha value is -2.07. The van der Waals surface area contributed by atoms with E-state index in [1.807, 2.05) is 0 Å². The summed E-state index contributed by atoms with van der Waals surface area (Å²) in [5, 5.41) is 0. The number of sulfonamides is 1. The van der Waals surface area contributed by atoms with Crippen LogP contribution in [-0.4, -0.2) is 8.42 Å². The molecule has 0 aromatic carbocycles. The summed E-state index contributed by atoms with van der Waals surface area (Å²) < 4.78 is 26.7. The Kier molecular flexibility index (Phi) is 7.97. The minimum Gasteiger partial charge on any atom is -0.280 e. The molecule has 0 aromatic heterocycles. The van der Waals surface area contributed by atoms with E-state index in [0.29, 0.717) is 5.70 Å². The van der Waals surface area contributed by atoms with Crippen LogP contribution < -0.4 is 4.72 Å². The summed E-state index contributed by atoms with van der Waals surface area (Å²) in [4.78, 5) is 0.161. The molecule has 0 spiro atoms. The first kappa shape index (κ1) is 16.9. The van der Waals surface area contributed by atoms with Crippen molar-refractivity contribution in [3.63, 3.8) is 0 Å². The van der Waals surface area contributed by atoms with Crippen LogP contribution in [0.4, 0.5) is 0 Å². The summed E-state index contributed by atoms with van der Waals surface area (Å²) in [7, 11) is -3.62. The van der Waals surface area contributed by atoms with Gasteiger partial charge in [-0.05, 0) is 25.2 Å². The predicted octanol–water partition coefficient (Wildman–Crippen LogP) is 3.36. The second-order valence-electron chi connectivity index (χ2n) is 3.34. The number of allylic oxidation sites excluding steroid dienone is 9. The van der Waals surface area contributed by atoms with E-state index in [0.717, 1.165) is 0 Å². The van der Waals surface area contributed by atoms with Gasteiger partial charge in [-0.15, -0.1) is 0 Å². The molecule has 0 aliphatic carbocycles. The zero-order valence-electron chi connectivity index (χ0n) is 11.0. The molecule has 0 rings (SSSR count). The molecule has 0 fully saturated rings. The van der Waals surface area contributed by atoms with Crippen molar-refractivity contribution in [3.05, 3.63) is 85.0 Å². The van der Waals surface area contributed by atoms with Gasteiger partial charge in [0, 0.05) is 5.70 Å². The summed E-state index contributed by atoms with van der Waals surface area (Å²) >= 11 is 0. The van der Waals surface area contributed by atoms with Gasteiger partial charge in [0.25, 0.3) is 10.0 Å². The normalized spacial score (nSPS) is 13.7.